The van der Waals surface area contributed by atoms with E-state index in [9.17, 15) is 13.5 Å². The number of aliphatic hydroxyl groups is 1. The van der Waals surface area contributed by atoms with Crippen LogP contribution in [-0.2, 0) is 10.0 Å². The number of ether oxygens (including phenoxy) is 1. The molecule has 1 aliphatic heterocycles. The van der Waals surface area contributed by atoms with Crippen LogP contribution in [0.3, 0.4) is 0 Å². The molecule has 0 saturated carbocycles. The van der Waals surface area contributed by atoms with Gasteiger partial charge in [-0.1, -0.05) is 6.07 Å². The van der Waals surface area contributed by atoms with Gasteiger partial charge in [0.15, 0.2) is 6.35 Å². The minimum absolute atomic E-state index is 0.149. The van der Waals surface area contributed by atoms with Gasteiger partial charge in [-0.2, -0.15) is 0 Å². The number of hydrogen-bond donors (Lipinski definition) is 3. The fraction of sp³-hybridized carbons (Fsp3) is 0.250. The first-order valence-electron chi connectivity index (χ1n) is 7.45. The van der Waals surface area contributed by atoms with Crippen molar-refractivity contribution < 1.29 is 18.3 Å². The standard InChI is InChI=1S/C16H19N3O4S/c1-23-14-4-2-3-12(11-14)18-24(21,22)15-7-5-13(6-8-15)19-10-9-17-16(19)20/h2-8,11,16-18,20H,9-10H2,1H3. The number of benzene rings is 2. The molecule has 7 nitrogen and oxygen atoms in total. The maximum absolute atomic E-state index is 12.5. The molecule has 0 bridgehead atoms. The molecule has 8 heteroatoms. The van der Waals surface area contributed by atoms with Crippen molar-refractivity contribution in [3.05, 3.63) is 48.5 Å². The molecular formula is C16H19N3O4S. The van der Waals surface area contributed by atoms with Gasteiger partial charge in [-0.15, -0.1) is 0 Å². The topological polar surface area (TPSA) is 90.9 Å². The Morgan fingerprint density at radius 3 is 2.62 bits per heavy atom. The lowest BCUT2D eigenvalue weighted by atomic mass is 10.3. The van der Waals surface area contributed by atoms with Crippen LogP contribution in [0.25, 0.3) is 0 Å². The summed E-state index contributed by atoms with van der Waals surface area (Å²) in [6.07, 6.45) is -0.748. The molecule has 128 valence electrons. The normalized spacial score (nSPS) is 17.8. The molecule has 0 amide bonds. The van der Waals surface area contributed by atoms with Gasteiger partial charge in [0.2, 0.25) is 0 Å². The third-order valence-electron chi connectivity index (χ3n) is 3.78. The zero-order valence-electron chi connectivity index (χ0n) is 13.1. The number of aliphatic hydroxyl groups excluding tert-OH is 1. The summed E-state index contributed by atoms with van der Waals surface area (Å²) in [5.74, 6) is 0.570. The average molecular weight is 349 g/mol. The molecule has 0 aliphatic carbocycles. The quantitative estimate of drug-likeness (QED) is 0.751. The molecule has 2 aromatic rings. The van der Waals surface area contributed by atoms with Gasteiger partial charge in [-0.25, -0.2) is 8.42 Å². The Morgan fingerprint density at radius 2 is 2.00 bits per heavy atom. The molecule has 1 heterocycles. The predicted molar refractivity (Wildman–Crippen MR) is 91.6 cm³/mol. The number of anilines is 2. The molecule has 0 spiro atoms. The summed E-state index contributed by atoms with van der Waals surface area (Å²) in [6, 6.07) is 13.1. The highest BCUT2D eigenvalue weighted by Crippen LogP contribution is 2.23. The number of sulfonamides is 1. The van der Waals surface area contributed by atoms with Gasteiger partial charge in [0, 0.05) is 24.8 Å². The maximum Gasteiger partial charge on any atom is 0.261 e. The van der Waals surface area contributed by atoms with E-state index in [2.05, 4.69) is 10.0 Å². The van der Waals surface area contributed by atoms with Crippen molar-refractivity contribution >= 4 is 21.4 Å². The third-order valence-corrected chi connectivity index (χ3v) is 5.17. The third kappa shape index (κ3) is 3.45. The van der Waals surface area contributed by atoms with Gasteiger partial charge in [0.25, 0.3) is 10.0 Å². The predicted octanol–water partition coefficient (Wildman–Crippen LogP) is 1.18. The van der Waals surface area contributed by atoms with Crippen molar-refractivity contribution in [2.75, 3.05) is 29.8 Å². The minimum Gasteiger partial charge on any atom is -0.497 e. The zero-order chi connectivity index (χ0) is 17.2. The molecule has 1 fully saturated rings. The van der Waals surface area contributed by atoms with E-state index in [0.29, 0.717) is 24.5 Å². The van der Waals surface area contributed by atoms with E-state index in [1.54, 1.807) is 41.3 Å². The number of nitrogens with one attached hydrogen (secondary N) is 2. The first kappa shape index (κ1) is 16.6. The fourth-order valence-corrected chi connectivity index (χ4v) is 3.58. The first-order chi connectivity index (χ1) is 11.5. The molecule has 0 aromatic heterocycles. The van der Waals surface area contributed by atoms with Crippen LogP contribution in [0, 0.1) is 0 Å². The summed E-state index contributed by atoms with van der Waals surface area (Å²) < 4.78 is 32.6. The van der Waals surface area contributed by atoms with Crippen LogP contribution in [0.4, 0.5) is 11.4 Å². The van der Waals surface area contributed by atoms with Gasteiger partial charge in [-0.05, 0) is 36.4 Å². The largest absolute Gasteiger partial charge is 0.497 e. The Morgan fingerprint density at radius 1 is 1.25 bits per heavy atom. The highest BCUT2D eigenvalue weighted by molar-refractivity contribution is 7.92. The van der Waals surface area contributed by atoms with E-state index in [-0.39, 0.29) is 4.90 Å². The highest BCUT2D eigenvalue weighted by atomic mass is 32.2. The van der Waals surface area contributed by atoms with Crippen molar-refractivity contribution in [3.8, 4) is 5.75 Å². The lowest BCUT2D eigenvalue weighted by Gasteiger charge is -2.21. The molecule has 3 rings (SSSR count). The van der Waals surface area contributed by atoms with Crippen LogP contribution >= 0.6 is 0 Å². The first-order valence-corrected chi connectivity index (χ1v) is 8.93. The lowest BCUT2D eigenvalue weighted by Crippen LogP contribution is -2.35. The highest BCUT2D eigenvalue weighted by Gasteiger charge is 2.22. The number of methoxy groups -OCH3 is 1. The Bertz CT molecular complexity index is 808. The van der Waals surface area contributed by atoms with E-state index in [1.165, 1.54) is 19.2 Å². The van der Waals surface area contributed by atoms with Crippen LogP contribution in [0.2, 0.25) is 0 Å². The van der Waals surface area contributed by atoms with Crippen LogP contribution in [0.15, 0.2) is 53.4 Å². The van der Waals surface area contributed by atoms with Gasteiger partial charge in [0.05, 0.1) is 17.7 Å². The molecular weight excluding hydrogens is 330 g/mol. The van der Waals surface area contributed by atoms with Gasteiger partial charge >= 0.3 is 0 Å². The van der Waals surface area contributed by atoms with Crippen molar-refractivity contribution in [3.63, 3.8) is 0 Å². The Labute approximate surface area is 140 Å². The molecule has 2 aromatic carbocycles. The summed E-state index contributed by atoms with van der Waals surface area (Å²) in [6.45, 7) is 1.34. The van der Waals surface area contributed by atoms with Crippen LogP contribution < -0.4 is 19.7 Å². The molecule has 1 unspecified atom stereocenters. The smallest absolute Gasteiger partial charge is 0.261 e. The van der Waals surface area contributed by atoms with Crippen molar-refractivity contribution in [1.29, 1.82) is 0 Å². The molecule has 1 aliphatic rings. The average Bonchev–Trinajstić information content (AvgIpc) is 3.01. The molecule has 24 heavy (non-hydrogen) atoms. The minimum atomic E-state index is -3.69. The van der Waals surface area contributed by atoms with E-state index in [1.807, 2.05) is 0 Å². The molecule has 1 atom stereocenters. The molecule has 3 N–H and O–H groups in total. The van der Waals surface area contributed by atoms with Gasteiger partial charge < -0.3 is 14.7 Å². The zero-order valence-corrected chi connectivity index (χ0v) is 14.0. The Kier molecular flexibility index (Phi) is 4.61. The summed E-state index contributed by atoms with van der Waals surface area (Å²) in [7, 11) is -2.17. The SMILES string of the molecule is COc1cccc(NS(=O)(=O)c2ccc(N3CCNC3O)cc2)c1. The Hall–Kier alpha value is -2.29. The monoisotopic (exact) mass is 349 g/mol. The van der Waals surface area contributed by atoms with Crippen molar-refractivity contribution in [2.45, 2.75) is 11.2 Å². The van der Waals surface area contributed by atoms with E-state index < -0.39 is 16.4 Å². The summed E-state index contributed by atoms with van der Waals surface area (Å²) in [5.41, 5.74) is 1.19. The summed E-state index contributed by atoms with van der Waals surface area (Å²) in [5, 5.41) is 12.7. The van der Waals surface area contributed by atoms with Crippen LogP contribution in [0.1, 0.15) is 0 Å². The van der Waals surface area contributed by atoms with Crippen LogP contribution in [-0.4, -0.2) is 40.1 Å². The van der Waals surface area contributed by atoms with E-state index in [4.69, 9.17) is 4.74 Å². The lowest BCUT2D eigenvalue weighted by molar-refractivity contribution is 0.163. The number of hydrogen-bond acceptors (Lipinski definition) is 6. The van der Waals surface area contributed by atoms with Crippen molar-refractivity contribution in [2.24, 2.45) is 0 Å². The second-order valence-corrected chi connectivity index (χ2v) is 7.03. The van der Waals surface area contributed by atoms with Crippen LogP contribution in [0.5, 0.6) is 5.75 Å². The summed E-state index contributed by atoms with van der Waals surface area (Å²) >= 11 is 0. The maximum atomic E-state index is 12.5. The van der Waals surface area contributed by atoms with Gasteiger partial charge in [-0.3, -0.25) is 10.0 Å². The second kappa shape index (κ2) is 6.68. The number of nitrogens with zero attached hydrogens (tertiary/aromatic N) is 1. The second-order valence-electron chi connectivity index (χ2n) is 5.35. The number of rotatable bonds is 5. The summed E-state index contributed by atoms with van der Waals surface area (Å²) in [4.78, 5) is 1.90. The fourth-order valence-electron chi connectivity index (χ4n) is 2.53. The Balaban J connectivity index is 1.79. The molecule has 0 radical (unpaired) electrons. The van der Waals surface area contributed by atoms with Gasteiger partial charge in [0.1, 0.15) is 5.75 Å². The molecule has 1 saturated heterocycles. The van der Waals surface area contributed by atoms with Crippen molar-refractivity contribution in [1.82, 2.24) is 5.32 Å². The van der Waals surface area contributed by atoms with E-state index >= 15 is 0 Å². The van der Waals surface area contributed by atoms with E-state index in [0.717, 1.165) is 5.69 Å².